The quantitative estimate of drug-likeness (QED) is 0.0197. The van der Waals surface area contributed by atoms with Gasteiger partial charge in [0.1, 0.15) is 18.3 Å². The smallest absolute Gasteiger partial charge is 0.338 e. The summed E-state index contributed by atoms with van der Waals surface area (Å²) in [5, 5.41) is 3.19. The average molecular weight is 1100 g/mol. The number of esters is 3. The highest BCUT2D eigenvalue weighted by molar-refractivity contribution is 5.91. The summed E-state index contributed by atoms with van der Waals surface area (Å²) >= 11 is 0. The van der Waals surface area contributed by atoms with Crippen molar-refractivity contribution < 1.29 is 52.3 Å². The summed E-state index contributed by atoms with van der Waals surface area (Å²) in [7, 11) is 0. The fourth-order valence-corrected chi connectivity index (χ4v) is 10.4. The number of hydrogen-bond donors (Lipinski definition) is 1. The van der Waals surface area contributed by atoms with E-state index in [1.807, 2.05) is 48.6 Å². The highest BCUT2D eigenvalue weighted by atomic mass is 16.8. The molecule has 2 unspecified atom stereocenters. The Kier molecular flexibility index (Phi) is 30.3. The molecule has 1 amide bonds. The Morgan fingerprint density at radius 3 is 1.46 bits per heavy atom. The van der Waals surface area contributed by atoms with Gasteiger partial charge < -0.3 is 38.5 Å². The van der Waals surface area contributed by atoms with E-state index in [2.05, 4.69) is 19.2 Å². The van der Waals surface area contributed by atoms with Crippen LogP contribution in [0.1, 0.15) is 224 Å². The maximum absolute atomic E-state index is 14.2. The molecular weight excluding hydrogens is 1010 g/mol. The molecule has 4 aromatic carbocycles. The van der Waals surface area contributed by atoms with E-state index in [4.69, 9.17) is 33.2 Å². The van der Waals surface area contributed by atoms with Crippen molar-refractivity contribution in [2.45, 2.75) is 230 Å². The zero-order valence-electron chi connectivity index (χ0n) is 48.1. The van der Waals surface area contributed by atoms with E-state index >= 15 is 0 Å². The van der Waals surface area contributed by atoms with E-state index < -0.39 is 67.0 Å². The third kappa shape index (κ3) is 23.1. The van der Waals surface area contributed by atoms with Crippen LogP contribution in [0.25, 0.3) is 0 Å². The molecule has 0 aromatic heterocycles. The summed E-state index contributed by atoms with van der Waals surface area (Å²) in [6, 6.07) is 34.3. The number of rotatable bonds is 39. The number of fused-ring (bicyclic) bond motifs is 1. The van der Waals surface area contributed by atoms with Crippen LogP contribution >= 0.6 is 0 Å². The van der Waals surface area contributed by atoms with Gasteiger partial charge in [0.25, 0.3) is 0 Å². The monoisotopic (exact) mass is 1100 g/mol. The maximum Gasteiger partial charge on any atom is 0.338 e. The van der Waals surface area contributed by atoms with Crippen LogP contribution in [0.5, 0.6) is 0 Å². The van der Waals surface area contributed by atoms with Crippen LogP contribution in [-0.2, 0) is 38.0 Å². The van der Waals surface area contributed by atoms with Gasteiger partial charge in [-0.1, -0.05) is 246 Å². The van der Waals surface area contributed by atoms with Crippen LogP contribution in [0.15, 0.2) is 133 Å². The summed E-state index contributed by atoms with van der Waals surface area (Å²) in [6.45, 7) is 4.26. The van der Waals surface area contributed by atoms with Gasteiger partial charge in [0.2, 0.25) is 5.91 Å². The molecule has 6 rings (SSSR count). The minimum Gasteiger partial charge on any atom is -0.452 e. The molecule has 4 aromatic rings. The first-order valence-corrected chi connectivity index (χ1v) is 30.7. The topological polar surface area (TPSA) is 145 Å². The molecule has 0 radical (unpaired) electrons. The molecule has 2 fully saturated rings. The molecule has 8 atom stereocenters. The van der Waals surface area contributed by atoms with Gasteiger partial charge in [-0.3, -0.25) is 4.79 Å². The number of carbonyl (C=O) groups excluding carboxylic acids is 4. The molecule has 1 N–H and O–H groups in total. The molecule has 436 valence electrons. The predicted octanol–water partition coefficient (Wildman–Crippen LogP) is 15.7. The highest BCUT2D eigenvalue weighted by Crippen LogP contribution is 2.38. The summed E-state index contributed by atoms with van der Waals surface area (Å²) < 4.78 is 45.3. The number of ether oxygens (including phenoxy) is 7. The van der Waals surface area contributed by atoms with Crippen molar-refractivity contribution >= 4 is 23.8 Å². The van der Waals surface area contributed by atoms with Crippen molar-refractivity contribution in [1.82, 2.24) is 5.32 Å². The SMILES string of the molecule is CCCCCCCCCCCCCC=C[C@@H](OC(=O)c1ccccc1)C(CO[C@@H]1O[C@@H]2COC(c3ccccc3)O[C@H]2[C@H](OC(=O)c2ccccc2)[C@H]1OC(=O)c1ccccc1)NC(=O)CCCCCCCCCCCCCCC. The van der Waals surface area contributed by atoms with E-state index in [1.165, 1.54) is 109 Å². The molecule has 0 bridgehead atoms. The minimum atomic E-state index is -1.39. The molecule has 0 spiro atoms. The molecule has 0 aliphatic carbocycles. The lowest BCUT2D eigenvalue weighted by Crippen LogP contribution is -2.64. The van der Waals surface area contributed by atoms with Gasteiger partial charge in [-0.15, -0.1) is 0 Å². The number of benzene rings is 4. The van der Waals surface area contributed by atoms with Gasteiger partial charge in [-0.05, 0) is 61.7 Å². The molecule has 2 aliphatic rings. The molecule has 0 saturated carbocycles. The number of amides is 1. The molecule has 2 saturated heterocycles. The van der Waals surface area contributed by atoms with Crippen molar-refractivity contribution in [3.63, 3.8) is 0 Å². The molecule has 2 heterocycles. The summed E-state index contributed by atoms with van der Waals surface area (Å²) in [6.07, 6.45) is 26.1. The first-order chi connectivity index (χ1) is 39.3. The van der Waals surface area contributed by atoms with E-state index in [0.29, 0.717) is 12.0 Å². The lowest BCUT2D eigenvalue weighted by atomic mass is 9.96. The lowest BCUT2D eigenvalue weighted by molar-refractivity contribution is -0.360. The number of allylic oxidation sites excluding steroid dienone is 1. The Morgan fingerprint density at radius 1 is 0.525 bits per heavy atom. The molecular formula is C68H93NO11. The lowest BCUT2D eigenvalue weighted by Gasteiger charge is -2.48. The fourth-order valence-electron chi connectivity index (χ4n) is 10.4. The van der Waals surface area contributed by atoms with Crippen LogP contribution in [0, 0.1) is 0 Å². The standard InChI is InChI=1S/C68H93NO11/c1-3-5-7-9-11-13-15-17-19-21-23-25-39-49-58(76-64(71)53-41-31-27-32-42-53)57(69-60(70)50-40-26-24-22-20-18-16-14-12-10-8-6-4-2)51-74-68-63(79-66(73)55-45-35-29-36-46-55)62(78-65(72)54-43-33-28-34-44-54)61-59(77-68)52-75-67(80-61)56-47-37-30-38-48-56/h27-39,41-49,57-59,61-63,67-68H,3-26,40,50-52H2,1-2H3,(H,69,70)/t57?,58-,59-,61-,62+,63-,67?,68-/m1/s1. The van der Waals surface area contributed by atoms with Crippen molar-refractivity contribution in [2.24, 2.45) is 0 Å². The number of hydrogen-bond acceptors (Lipinski definition) is 11. The second-order valence-electron chi connectivity index (χ2n) is 21.7. The molecule has 12 nitrogen and oxygen atoms in total. The van der Waals surface area contributed by atoms with E-state index in [1.54, 1.807) is 84.9 Å². The van der Waals surface area contributed by atoms with Crippen molar-refractivity contribution in [3.05, 3.63) is 156 Å². The Balaban J connectivity index is 1.22. The Morgan fingerprint density at radius 2 is 0.963 bits per heavy atom. The van der Waals surface area contributed by atoms with Crippen LogP contribution in [0.3, 0.4) is 0 Å². The second kappa shape index (κ2) is 38.1. The van der Waals surface area contributed by atoms with Gasteiger partial charge in [0, 0.05) is 12.0 Å². The fraction of sp³-hybridized carbons (Fsp3) is 0.559. The Hall–Kier alpha value is -5.66. The van der Waals surface area contributed by atoms with Crippen LogP contribution in [0.2, 0.25) is 0 Å². The Bertz CT molecular complexity index is 2330. The second-order valence-corrected chi connectivity index (χ2v) is 21.7. The average Bonchev–Trinajstić information content (AvgIpc) is 3.54. The maximum atomic E-state index is 14.2. The van der Waals surface area contributed by atoms with Gasteiger partial charge in [-0.25, -0.2) is 14.4 Å². The third-order valence-electron chi connectivity index (χ3n) is 15.1. The van der Waals surface area contributed by atoms with Gasteiger partial charge in [0.05, 0.1) is 35.9 Å². The first-order valence-electron chi connectivity index (χ1n) is 30.7. The van der Waals surface area contributed by atoms with E-state index in [0.717, 1.165) is 50.5 Å². The normalized spacial score (nSPS) is 19.6. The molecule has 12 heteroatoms. The first kappa shape index (κ1) is 63.5. The highest BCUT2D eigenvalue weighted by Gasteiger charge is 2.54. The van der Waals surface area contributed by atoms with Crippen molar-refractivity contribution in [3.8, 4) is 0 Å². The summed E-state index contributed by atoms with van der Waals surface area (Å²) in [5.74, 6) is -2.15. The minimum absolute atomic E-state index is 0.0151. The summed E-state index contributed by atoms with van der Waals surface area (Å²) in [4.78, 5) is 56.4. The zero-order chi connectivity index (χ0) is 56.2. The molecule has 2 aliphatic heterocycles. The van der Waals surface area contributed by atoms with Gasteiger partial charge in [0.15, 0.2) is 24.8 Å². The van der Waals surface area contributed by atoms with Crippen LogP contribution in [0.4, 0.5) is 0 Å². The van der Waals surface area contributed by atoms with E-state index in [9.17, 15) is 19.2 Å². The third-order valence-corrected chi connectivity index (χ3v) is 15.1. The Labute approximate surface area is 478 Å². The van der Waals surface area contributed by atoms with Crippen molar-refractivity contribution in [1.29, 1.82) is 0 Å². The molecule has 80 heavy (non-hydrogen) atoms. The zero-order valence-corrected chi connectivity index (χ0v) is 48.1. The van der Waals surface area contributed by atoms with Gasteiger partial charge in [-0.2, -0.15) is 0 Å². The number of unbranched alkanes of at least 4 members (excludes halogenated alkanes) is 23. The van der Waals surface area contributed by atoms with Crippen LogP contribution in [-0.4, -0.2) is 79.9 Å². The van der Waals surface area contributed by atoms with E-state index in [-0.39, 0.29) is 36.7 Å². The van der Waals surface area contributed by atoms with Crippen LogP contribution < -0.4 is 5.32 Å². The van der Waals surface area contributed by atoms with Gasteiger partial charge >= 0.3 is 17.9 Å². The van der Waals surface area contributed by atoms with Crippen molar-refractivity contribution in [2.75, 3.05) is 13.2 Å². The number of nitrogens with one attached hydrogen (secondary N) is 1. The largest absolute Gasteiger partial charge is 0.452 e. The number of carbonyl (C=O) groups is 4. The summed E-state index contributed by atoms with van der Waals surface area (Å²) in [5.41, 5.74) is 1.63. The predicted molar refractivity (Wildman–Crippen MR) is 314 cm³/mol.